The molecular formula is C17H18ClN5OS2. The van der Waals surface area contributed by atoms with Crippen LogP contribution in [0.5, 0.6) is 0 Å². The Morgan fingerprint density at radius 1 is 1.38 bits per heavy atom. The summed E-state index contributed by atoms with van der Waals surface area (Å²) in [5.41, 5.74) is 1.37. The lowest BCUT2D eigenvalue weighted by Crippen LogP contribution is -2.30. The van der Waals surface area contributed by atoms with Crippen LogP contribution in [0.2, 0.25) is 5.02 Å². The van der Waals surface area contributed by atoms with Gasteiger partial charge < -0.3 is 5.32 Å². The van der Waals surface area contributed by atoms with Crippen molar-refractivity contribution in [2.45, 2.75) is 37.7 Å². The van der Waals surface area contributed by atoms with Crippen molar-refractivity contribution in [3.05, 3.63) is 51.2 Å². The van der Waals surface area contributed by atoms with Crippen LogP contribution in [0.4, 0.5) is 0 Å². The molecular weight excluding hydrogens is 390 g/mol. The van der Waals surface area contributed by atoms with Gasteiger partial charge in [-0.2, -0.15) is 0 Å². The van der Waals surface area contributed by atoms with Crippen molar-refractivity contribution < 1.29 is 4.79 Å². The molecule has 2 heterocycles. The number of nitrogens with one attached hydrogen (secondary N) is 1. The number of thiazole rings is 1. The number of hydrogen-bond acceptors (Lipinski definition) is 6. The van der Waals surface area contributed by atoms with Crippen molar-refractivity contribution >= 4 is 40.6 Å². The standard InChI is InChI=1S/C17H18ClN5OS2/c1-10(2)19-16(24)14-8-25-15(20-14)9-26-17-22-21-11(3)23(17)13-6-4-5-12(18)7-13/h4-8,10H,9H2,1-3H3,(H,19,24). The van der Waals surface area contributed by atoms with Crippen molar-refractivity contribution in [3.63, 3.8) is 0 Å². The fraction of sp³-hybridized carbons (Fsp3) is 0.294. The topological polar surface area (TPSA) is 72.7 Å². The first-order valence-corrected chi connectivity index (χ1v) is 10.2. The maximum absolute atomic E-state index is 12.0. The Kier molecular flexibility index (Phi) is 5.95. The molecule has 1 amide bonds. The highest BCUT2D eigenvalue weighted by molar-refractivity contribution is 7.98. The van der Waals surface area contributed by atoms with Crippen molar-refractivity contribution in [2.75, 3.05) is 0 Å². The van der Waals surface area contributed by atoms with Crippen molar-refractivity contribution in [1.29, 1.82) is 0 Å². The SMILES string of the molecule is Cc1nnc(SCc2nc(C(=O)NC(C)C)cs2)n1-c1cccc(Cl)c1. The molecule has 3 aromatic rings. The molecule has 0 radical (unpaired) electrons. The number of carbonyl (C=O) groups is 1. The van der Waals surface area contributed by atoms with Crippen molar-refractivity contribution in [2.24, 2.45) is 0 Å². The highest BCUT2D eigenvalue weighted by Gasteiger charge is 2.15. The van der Waals surface area contributed by atoms with Crippen molar-refractivity contribution in [3.8, 4) is 5.69 Å². The Balaban J connectivity index is 1.73. The Labute approximate surface area is 165 Å². The molecule has 1 N–H and O–H groups in total. The smallest absolute Gasteiger partial charge is 0.270 e. The van der Waals surface area contributed by atoms with Gasteiger partial charge in [0.25, 0.3) is 5.91 Å². The van der Waals surface area contributed by atoms with Gasteiger partial charge in [-0.25, -0.2) is 4.98 Å². The summed E-state index contributed by atoms with van der Waals surface area (Å²) < 4.78 is 1.95. The van der Waals surface area contributed by atoms with E-state index >= 15 is 0 Å². The molecule has 0 saturated heterocycles. The van der Waals surface area contributed by atoms with E-state index in [4.69, 9.17) is 11.6 Å². The summed E-state index contributed by atoms with van der Waals surface area (Å²) in [7, 11) is 0. The largest absolute Gasteiger partial charge is 0.349 e. The molecule has 0 aliphatic carbocycles. The molecule has 0 fully saturated rings. The minimum absolute atomic E-state index is 0.0845. The second-order valence-corrected chi connectivity index (χ2v) is 8.21. The van der Waals surface area contributed by atoms with E-state index in [2.05, 4.69) is 20.5 Å². The summed E-state index contributed by atoms with van der Waals surface area (Å²) in [4.78, 5) is 16.4. The quantitative estimate of drug-likeness (QED) is 0.622. The number of halogens is 1. The zero-order valence-electron chi connectivity index (χ0n) is 14.6. The highest BCUT2D eigenvalue weighted by atomic mass is 35.5. The van der Waals surface area contributed by atoms with E-state index < -0.39 is 0 Å². The first kappa shape index (κ1) is 18.9. The van der Waals surface area contributed by atoms with Gasteiger partial charge in [0, 0.05) is 16.4 Å². The number of thioether (sulfide) groups is 1. The summed E-state index contributed by atoms with van der Waals surface area (Å²) >= 11 is 9.09. The van der Waals surface area contributed by atoms with Crippen LogP contribution >= 0.6 is 34.7 Å². The van der Waals surface area contributed by atoms with Crippen LogP contribution < -0.4 is 5.32 Å². The number of benzene rings is 1. The monoisotopic (exact) mass is 407 g/mol. The van der Waals surface area contributed by atoms with Crippen LogP contribution in [0, 0.1) is 6.92 Å². The van der Waals surface area contributed by atoms with Gasteiger partial charge in [0.1, 0.15) is 16.5 Å². The average Bonchev–Trinajstić information content (AvgIpc) is 3.19. The Morgan fingerprint density at radius 3 is 2.92 bits per heavy atom. The zero-order chi connectivity index (χ0) is 18.7. The molecule has 0 atom stereocenters. The number of hydrogen-bond donors (Lipinski definition) is 1. The lowest BCUT2D eigenvalue weighted by atomic mass is 10.3. The zero-order valence-corrected chi connectivity index (χ0v) is 17.0. The van der Waals surface area contributed by atoms with Gasteiger partial charge in [0.05, 0.1) is 11.4 Å². The van der Waals surface area contributed by atoms with Gasteiger partial charge in [-0.3, -0.25) is 9.36 Å². The fourth-order valence-corrected chi connectivity index (χ4v) is 4.27. The number of carbonyl (C=O) groups excluding carboxylic acids is 1. The van der Waals surface area contributed by atoms with E-state index in [-0.39, 0.29) is 11.9 Å². The molecule has 1 aromatic carbocycles. The molecule has 2 aromatic heterocycles. The second kappa shape index (κ2) is 8.20. The van der Waals surface area contributed by atoms with Gasteiger partial charge in [0.2, 0.25) is 0 Å². The summed E-state index contributed by atoms with van der Waals surface area (Å²) in [5, 5.41) is 15.3. The number of aromatic nitrogens is 4. The highest BCUT2D eigenvalue weighted by Crippen LogP contribution is 2.27. The number of nitrogens with zero attached hydrogens (tertiary/aromatic N) is 4. The Bertz CT molecular complexity index is 922. The fourth-order valence-electron chi connectivity index (χ4n) is 2.29. The van der Waals surface area contributed by atoms with E-state index in [0.29, 0.717) is 16.5 Å². The third-order valence-corrected chi connectivity index (χ3v) is 5.60. The van der Waals surface area contributed by atoms with Gasteiger partial charge in [-0.05, 0) is 39.0 Å². The van der Waals surface area contributed by atoms with Crippen LogP contribution in [-0.2, 0) is 5.75 Å². The lowest BCUT2D eigenvalue weighted by Gasteiger charge is -2.08. The third kappa shape index (κ3) is 4.44. The molecule has 0 bridgehead atoms. The third-order valence-electron chi connectivity index (χ3n) is 3.39. The molecule has 0 aliphatic heterocycles. The maximum Gasteiger partial charge on any atom is 0.270 e. The molecule has 26 heavy (non-hydrogen) atoms. The summed E-state index contributed by atoms with van der Waals surface area (Å²) in [6.45, 7) is 5.74. The lowest BCUT2D eigenvalue weighted by molar-refractivity contribution is 0.0938. The number of amides is 1. The average molecular weight is 408 g/mol. The minimum Gasteiger partial charge on any atom is -0.349 e. The van der Waals surface area contributed by atoms with E-state index in [9.17, 15) is 4.79 Å². The van der Waals surface area contributed by atoms with Crippen LogP contribution in [-0.4, -0.2) is 31.7 Å². The van der Waals surface area contributed by atoms with Crippen LogP contribution in [0.25, 0.3) is 5.69 Å². The van der Waals surface area contributed by atoms with Gasteiger partial charge in [-0.1, -0.05) is 29.4 Å². The van der Waals surface area contributed by atoms with Crippen molar-refractivity contribution in [1.82, 2.24) is 25.1 Å². The van der Waals surface area contributed by atoms with Crippen LogP contribution in [0.3, 0.4) is 0 Å². The normalized spacial score (nSPS) is 11.1. The minimum atomic E-state index is -0.148. The summed E-state index contributed by atoms with van der Waals surface area (Å²) in [5.74, 6) is 1.24. The summed E-state index contributed by atoms with van der Waals surface area (Å²) in [6.07, 6.45) is 0. The predicted octanol–water partition coefficient (Wildman–Crippen LogP) is 4.12. The first-order chi connectivity index (χ1) is 12.4. The van der Waals surface area contributed by atoms with E-state index in [1.165, 1.54) is 23.1 Å². The van der Waals surface area contributed by atoms with Gasteiger partial charge >= 0.3 is 0 Å². The maximum atomic E-state index is 12.0. The molecule has 3 rings (SSSR count). The molecule has 0 saturated carbocycles. The van der Waals surface area contributed by atoms with Crippen LogP contribution in [0.1, 0.15) is 35.2 Å². The van der Waals surface area contributed by atoms with E-state index in [1.54, 1.807) is 5.38 Å². The van der Waals surface area contributed by atoms with Gasteiger partial charge in [-0.15, -0.1) is 21.5 Å². The molecule has 9 heteroatoms. The predicted molar refractivity (Wildman–Crippen MR) is 105 cm³/mol. The summed E-state index contributed by atoms with van der Waals surface area (Å²) in [6, 6.07) is 7.65. The molecule has 136 valence electrons. The van der Waals surface area contributed by atoms with Crippen LogP contribution in [0.15, 0.2) is 34.8 Å². The molecule has 0 spiro atoms. The first-order valence-electron chi connectivity index (χ1n) is 8.00. The molecule has 0 aliphatic rings. The van der Waals surface area contributed by atoms with Gasteiger partial charge in [0.15, 0.2) is 5.16 Å². The molecule has 6 nitrogen and oxygen atoms in total. The number of aryl methyl sites for hydroxylation is 1. The molecule has 0 unspecified atom stereocenters. The van der Waals surface area contributed by atoms with E-state index in [1.807, 2.05) is 49.6 Å². The number of rotatable bonds is 6. The Morgan fingerprint density at radius 2 is 2.19 bits per heavy atom. The van der Waals surface area contributed by atoms with E-state index in [0.717, 1.165) is 21.7 Å². The second-order valence-electron chi connectivity index (χ2n) is 5.89. The Hall–Kier alpha value is -1.90.